The van der Waals surface area contributed by atoms with Crippen LogP contribution in [-0.4, -0.2) is 41.6 Å². The average Bonchev–Trinajstić information content (AvgIpc) is 2.90. The molecular formula is C13H15IN4O2S. The fraction of sp³-hybridized carbons (Fsp3) is 0.385. The fourth-order valence-electron chi connectivity index (χ4n) is 2.41. The van der Waals surface area contributed by atoms with E-state index in [0.29, 0.717) is 6.42 Å². The molecule has 0 saturated carbocycles. The summed E-state index contributed by atoms with van der Waals surface area (Å²) in [5, 5.41) is 4.20. The molecule has 0 aromatic carbocycles. The summed E-state index contributed by atoms with van der Waals surface area (Å²) >= 11 is 2.25. The van der Waals surface area contributed by atoms with Gasteiger partial charge in [0.25, 0.3) is 0 Å². The van der Waals surface area contributed by atoms with E-state index >= 15 is 0 Å². The quantitative estimate of drug-likeness (QED) is 0.464. The van der Waals surface area contributed by atoms with Crippen LogP contribution in [0.3, 0.4) is 0 Å². The van der Waals surface area contributed by atoms with E-state index in [1.54, 1.807) is 6.21 Å². The van der Waals surface area contributed by atoms with E-state index in [0.717, 1.165) is 20.6 Å². The fourth-order valence-corrected chi connectivity index (χ4v) is 4.53. The molecule has 1 N–H and O–H groups in total. The Hall–Kier alpha value is -1.16. The number of hydrogen-bond donors (Lipinski definition) is 1. The summed E-state index contributed by atoms with van der Waals surface area (Å²) in [6.45, 7) is 1.93. The van der Waals surface area contributed by atoms with Crippen molar-refractivity contribution in [2.45, 2.75) is 19.4 Å². The van der Waals surface area contributed by atoms with Gasteiger partial charge in [-0.25, -0.2) is 13.4 Å². The largest absolute Gasteiger partial charge is 0.306 e. The van der Waals surface area contributed by atoms with Crippen molar-refractivity contribution in [2.24, 2.45) is 5.10 Å². The summed E-state index contributed by atoms with van der Waals surface area (Å²) in [7, 11) is -2.88. The topological polar surface area (TPSA) is 75.8 Å². The van der Waals surface area contributed by atoms with Gasteiger partial charge in [0.1, 0.15) is 5.65 Å². The Labute approximate surface area is 136 Å². The van der Waals surface area contributed by atoms with Crippen LogP contribution in [0.25, 0.3) is 5.65 Å². The second-order valence-electron chi connectivity index (χ2n) is 5.15. The van der Waals surface area contributed by atoms with E-state index in [1.165, 1.54) is 0 Å². The highest BCUT2D eigenvalue weighted by molar-refractivity contribution is 14.1. The molecule has 2 aromatic rings. The van der Waals surface area contributed by atoms with Crippen molar-refractivity contribution < 1.29 is 8.42 Å². The number of pyridine rings is 1. The van der Waals surface area contributed by atoms with Crippen molar-refractivity contribution in [1.82, 2.24) is 14.8 Å². The number of nitrogens with zero attached hydrogens (tertiary/aromatic N) is 3. The zero-order valence-corrected chi connectivity index (χ0v) is 14.4. The van der Waals surface area contributed by atoms with Crippen LogP contribution in [0.2, 0.25) is 0 Å². The van der Waals surface area contributed by atoms with Gasteiger partial charge in [0.05, 0.1) is 35.2 Å². The van der Waals surface area contributed by atoms with Gasteiger partial charge < -0.3 is 5.43 Å². The lowest BCUT2D eigenvalue weighted by molar-refractivity contribution is 0.578. The van der Waals surface area contributed by atoms with Gasteiger partial charge in [-0.05, 0) is 48.1 Å². The van der Waals surface area contributed by atoms with Crippen LogP contribution in [0.1, 0.15) is 17.8 Å². The van der Waals surface area contributed by atoms with Gasteiger partial charge in [-0.2, -0.15) is 5.10 Å². The van der Waals surface area contributed by atoms with E-state index in [9.17, 15) is 8.42 Å². The van der Waals surface area contributed by atoms with Crippen LogP contribution < -0.4 is 5.43 Å². The molecule has 0 spiro atoms. The Kier molecular flexibility index (Phi) is 3.91. The molecule has 0 radical (unpaired) electrons. The number of imidazole rings is 1. The standard InChI is InChI=1S/C13H15IN4O2S/c1-9-12(18-7-10(14)2-3-13(18)16-9)6-15-17-11-4-5-21(19,20)8-11/h2-3,6-7,11,17H,4-5,8H2,1H3. The zero-order chi connectivity index (χ0) is 15.0. The van der Waals surface area contributed by atoms with Gasteiger partial charge in [0.15, 0.2) is 9.84 Å². The second-order valence-corrected chi connectivity index (χ2v) is 8.62. The number of aryl methyl sites for hydroxylation is 1. The monoisotopic (exact) mass is 418 g/mol. The summed E-state index contributed by atoms with van der Waals surface area (Å²) in [4.78, 5) is 4.47. The van der Waals surface area contributed by atoms with Crippen molar-refractivity contribution in [3.05, 3.63) is 33.3 Å². The summed E-state index contributed by atoms with van der Waals surface area (Å²) < 4.78 is 25.9. The van der Waals surface area contributed by atoms with E-state index < -0.39 is 9.84 Å². The predicted molar refractivity (Wildman–Crippen MR) is 90.4 cm³/mol. The highest BCUT2D eigenvalue weighted by Crippen LogP contribution is 2.14. The first-order valence-electron chi connectivity index (χ1n) is 6.58. The predicted octanol–water partition coefficient (Wildman–Crippen LogP) is 1.36. The highest BCUT2D eigenvalue weighted by atomic mass is 127. The van der Waals surface area contributed by atoms with Crippen molar-refractivity contribution in [1.29, 1.82) is 0 Å². The molecule has 1 aliphatic heterocycles. The first-order chi connectivity index (χ1) is 9.94. The average molecular weight is 418 g/mol. The van der Waals surface area contributed by atoms with Crippen LogP contribution in [-0.2, 0) is 9.84 Å². The molecule has 2 aromatic heterocycles. The third-order valence-electron chi connectivity index (χ3n) is 3.48. The Balaban J connectivity index is 1.80. The Morgan fingerprint density at radius 2 is 2.33 bits per heavy atom. The van der Waals surface area contributed by atoms with Gasteiger partial charge in [-0.1, -0.05) is 0 Å². The molecule has 112 valence electrons. The summed E-state index contributed by atoms with van der Waals surface area (Å²) in [5.74, 6) is 0.404. The minimum absolute atomic E-state index is 0.0918. The van der Waals surface area contributed by atoms with Crippen molar-refractivity contribution in [3.63, 3.8) is 0 Å². The van der Waals surface area contributed by atoms with Gasteiger partial charge in [0.2, 0.25) is 0 Å². The SMILES string of the molecule is Cc1nc2ccc(I)cn2c1C=NNC1CCS(=O)(=O)C1. The highest BCUT2D eigenvalue weighted by Gasteiger charge is 2.27. The maximum atomic E-state index is 11.4. The normalized spacial score (nSPS) is 21.3. The minimum Gasteiger partial charge on any atom is -0.306 e. The summed E-state index contributed by atoms with van der Waals surface area (Å²) in [6, 6.07) is 3.87. The Morgan fingerprint density at radius 1 is 1.52 bits per heavy atom. The molecule has 1 fully saturated rings. The number of hydrazone groups is 1. The first kappa shape index (κ1) is 14.8. The number of halogens is 1. The van der Waals surface area contributed by atoms with Crippen LogP contribution in [0.4, 0.5) is 0 Å². The molecule has 1 unspecified atom stereocenters. The van der Waals surface area contributed by atoms with Crippen LogP contribution in [0.15, 0.2) is 23.4 Å². The minimum atomic E-state index is -2.88. The molecular weight excluding hydrogens is 403 g/mol. The first-order valence-corrected chi connectivity index (χ1v) is 9.48. The van der Waals surface area contributed by atoms with E-state index in [2.05, 4.69) is 38.1 Å². The molecule has 3 rings (SSSR count). The van der Waals surface area contributed by atoms with Crippen molar-refractivity contribution in [3.8, 4) is 0 Å². The Morgan fingerprint density at radius 3 is 3.05 bits per heavy atom. The summed E-state index contributed by atoms with van der Waals surface area (Å²) in [5.41, 5.74) is 5.59. The number of hydrogen-bond acceptors (Lipinski definition) is 5. The number of aromatic nitrogens is 2. The summed E-state index contributed by atoms with van der Waals surface area (Å²) in [6.07, 6.45) is 4.32. The van der Waals surface area contributed by atoms with Gasteiger partial charge in [-0.15, -0.1) is 0 Å². The van der Waals surface area contributed by atoms with Crippen LogP contribution in [0.5, 0.6) is 0 Å². The molecule has 3 heterocycles. The lowest BCUT2D eigenvalue weighted by atomic mass is 10.3. The number of rotatable bonds is 3. The van der Waals surface area contributed by atoms with Gasteiger partial charge in [0, 0.05) is 9.77 Å². The molecule has 8 heteroatoms. The zero-order valence-electron chi connectivity index (χ0n) is 11.5. The van der Waals surface area contributed by atoms with Crippen LogP contribution in [0, 0.1) is 10.5 Å². The maximum absolute atomic E-state index is 11.4. The molecule has 6 nitrogen and oxygen atoms in total. The van der Waals surface area contributed by atoms with Crippen LogP contribution >= 0.6 is 22.6 Å². The molecule has 1 aliphatic rings. The maximum Gasteiger partial charge on any atom is 0.152 e. The Bertz CT molecular complexity index is 813. The van der Waals surface area contributed by atoms with E-state index in [-0.39, 0.29) is 17.5 Å². The smallest absolute Gasteiger partial charge is 0.152 e. The number of fused-ring (bicyclic) bond motifs is 1. The van der Waals surface area contributed by atoms with E-state index in [4.69, 9.17) is 0 Å². The lowest BCUT2D eigenvalue weighted by Crippen LogP contribution is -2.25. The molecule has 0 amide bonds. The molecule has 0 bridgehead atoms. The lowest BCUT2D eigenvalue weighted by Gasteiger charge is -2.05. The molecule has 1 atom stereocenters. The van der Waals surface area contributed by atoms with Crippen molar-refractivity contribution >= 4 is 44.3 Å². The second kappa shape index (κ2) is 5.56. The number of nitrogens with one attached hydrogen (secondary N) is 1. The molecule has 21 heavy (non-hydrogen) atoms. The number of sulfone groups is 1. The van der Waals surface area contributed by atoms with Gasteiger partial charge in [-0.3, -0.25) is 4.40 Å². The third-order valence-corrected chi connectivity index (χ3v) is 5.89. The van der Waals surface area contributed by atoms with Gasteiger partial charge >= 0.3 is 0 Å². The third kappa shape index (κ3) is 3.20. The molecule has 1 saturated heterocycles. The van der Waals surface area contributed by atoms with E-state index in [1.807, 2.05) is 29.7 Å². The molecule has 0 aliphatic carbocycles. The van der Waals surface area contributed by atoms with Crippen molar-refractivity contribution in [2.75, 3.05) is 11.5 Å².